The van der Waals surface area contributed by atoms with Crippen LogP contribution >= 0.6 is 0 Å². The molecule has 0 radical (unpaired) electrons. The van der Waals surface area contributed by atoms with Crippen LogP contribution in [0.25, 0.3) is 0 Å². The number of likely N-dealkylation sites (tertiary alicyclic amines) is 1. The van der Waals surface area contributed by atoms with E-state index in [2.05, 4.69) is 4.90 Å². The highest BCUT2D eigenvalue weighted by atomic mass is 16.5. The summed E-state index contributed by atoms with van der Waals surface area (Å²) >= 11 is 0. The third kappa shape index (κ3) is 4.69. The smallest absolute Gasteiger partial charge is 0.224 e. The molecule has 2 saturated heterocycles. The van der Waals surface area contributed by atoms with E-state index in [0.29, 0.717) is 32.3 Å². The summed E-state index contributed by atoms with van der Waals surface area (Å²) in [6.45, 7) is 5.42. The minimum absolute atomic E-state index is 0.253. The highest BCUT2D eigenvalue weighted by Gasteiger charge is 2.26. The van der Waals surface area contributed by atoms with Gasteiger partial charge in [-0.25, -0.2) is 0 Å². The molecule has 1 aromatic rings. The van der Waals surface area contributed by atoms with Crippen molar-refractivity contribution < 1.29 is 14.3 Å². The van der Waals surface area contributed by atoms with Crippen LogP contribution in [0.3, 0.4) is 0 Å². The van der Waals surface area contributed by atoms with E-state index in [-0.39, 0.29) is 5.91 Å². The first-order valence-electron chi connectivity index (χ1n) is 8.60. The van der Waals surface area contributed by atoms with Gasteiger partial charge in [-0.15, -0.1) is 0 Å². The molecule has 2 fully saturated rings. The summed E-state index contributed by atoms with van der Waals surface area (Å²) in [7, 11) is 0. The van der Waals surface area contributed by atoms with Gasteiger partial charge in [0.1, 0.15) is 12.4 Å². The van der Waals surface area contributed by atoms with Crippen molar-refractivity contribution in [1.82, 2.24) is 9.80 Å². The average molecular weight is 318 g/mol. The highest BCUT2D eigenvalue weighted by Crippen LogP contribution is 2.19. The van der Waals surface area contributed by atoms with Crippen LogP contribution in [0, 0.1) is 0 Å². The molecule has 1 amide bonds. The first-order valence-corrected chi connectivity index (χ1v) is 8.60. The van der Waals surface area contributed by atoms with Crippen LogP contribution in [0.4, 0.5) is 0 Å². The molecule has 0 aromatic heterocycles. The van der Waals surface area contributed by atoms with Gasteiger partial charge >= 0.3 is 0 Å². The second-order valence-corrected chi connectivity index (χ2v) is 6.20. The summed E-state index contributed by atoms with van der Waals surface area (Å²) in [6.07, 6.45) is 2.94. The quantitative estimate of drug-likeness (QED) is 0.802. The van der Waals surface area contributed by atoms with E-state index in [1.54, 1.807) is 0 Å². The molecule has 0 bridgehead atoms. The van der Waals surface area contributed by atoms with Crippen molar-refractivity contribution in [2.45, 2.75) is 25.3 Å². The lowest BCUT2D eigenvalue weighted by Crippen LogP contribution is -2.43. The summed E-state index contributed by atoms with van der Waals surface area (Å²) in [5.41, 5.74) is 0. The second-order valence-electron chi connectivity index (χ2n) is 6.20. The monoisotopic (exact) mass is 318 g/mol. The summed E-state index contributed by atoms with van der Waals surface area (Å²) in [5, 5.41) is 0. The third-order valence-electron chi connectivity index (χ3n) is 4.66. The third-order valence-corrected chi connectivity index (χ3v) is 4.66. The van der Waals surface area contributed by atoms with Gasteiger partial charge in [0.25, 0.3) is 0 Å². The summed E-state index contributed by atoms with van der Waals surface area (Å²) in [5.74, 6) is 1.17. The zero-order valence-electron chi connectivity index (χ0n) is 13.7. The SMILES string of the molecule is O=C(CCN1CCCC1COc1ccccc1)N1CCOCC1. The Labute approximate surface area is 138 Å². The Balaban J connectivity index is 1.42. The zero-order valence-corrected chi connectivity index (χ0v) is 13.7. The number of para-hydroxylation sites is 1. The van der Waals surface area contributed by atoms with E-state index in [4.69, 9.17) is 9.47 Å². The van der Waals surface area contributed by atoms with Crippen molar-refractivity contribution in [3.05, 3.63) is 30.3 Å². The number of nitrogens with zero attached hydrogens (tertiary/aromatic N) is 2. The van der Waals surface area contributed by atoms with Gasteiger partial charge in [-0.3, -0.25) is 9.69 Å². The van der Waals surface area contributed by atoms with Gasteiger partial charge in [0, 0.05) is 32.1 Å². The Morgan fingerprint density at radius 2 is 1.96 bits per heavy atom. The Bertz CT molecular complexity index is 488. The maximum absolute atomic E-state index is 12.3. The van der Waals surface area contributed by atoms with Crippen LogP contribution < -0.4 is 4.74 Å². The average Bonchev–Trinajstić information content (AvgIpc) is 3.07. The van der Waals surface area contributed by atoms with Crippen LogP contribution in [-0.2, 0) is 9.53 Å². The number of carbonyl (C=O) groups is 1. The normalized spacial score (nSPS) is 22.3. The summed E-state index contributed by atoms with van der Waals surface area (Å²) in [4.78, 5) is 16.6. The van der Waals surface area contributed by atoms with Gasteiger partial charge in [-0.2, -0.15) is 0 Å². The number of carbonyl (C=O) groups excluding carboxylic acids is 1. The first kappa shape index (κ1) is 16.3. The molecule has 0 saturated carbocycles. The van der Waals surface area contributed by atoms with E-state index in [0.717, 1.165) is 38.3 Å². The van der Waals surface area contributed by atoms with Crippen molar-refractivity contribution in [2.24, 2.45) is 0 Å². The molecule has 0 N–H and O–H groups in total. The van der Waals surface area contributed by atoms with Crippen molar-refractivity contribution in [1.29, 1.82) is 0 Å². The van der Waals surface area contributed by atoms with Crippen LogP contribution in [0.15, 0.2) is 30.3 Å². The maximum Gasteiger partial charge on any atom is 0.224 e. The van der Waals surface area contributed by atoms with Crippen molar-refractivity contribution in [3.8, 4) is 5.75 Å². The largest absolute Gasteiger partial charge is 0.492 e. The van der Waals surface area contributed by atoms with Crippen molar-refractivity contribution in [2.75, 3.05) is 46.0 Å². The number of amides is 1. The lowest BCUT2D eigenvalue weighted by atomic mass is 10.2. The van der Waals surface area contributed by atoms with E-state index in [1.807, 2.05) is 35.2 Å². The van der Waals surface area contributed by atoms with Crippen molar-refractivity contribution in [3.63, 3.8) is 0 Å². The number of hydrogen-bond acceptors (Lipinski definition) is 4. The lowest BCUT2D eigenvalue weighted by molar-refractivity contribution is -0.135. The number of benzene rings is 1. The first-order chi connectivity index (χ1) is 11.3. The fourth-order valence-electron chi connectivity index (χ4n) is 3.30. The number of rotatable bonds is 6. The molecule has 126 valence electrons. The summed E-state index contributed by atoms with van der Waals surface area (Å²) < 4.78 is 11.2. The van der Waals surface area contributed by atoms with E-state index in [1.165, 1.54) is 6.42 Å². The molecule has 5 nitrogen and oxygen atoms in total. The fourth-order valence-corrected chi connectivity index (χ4v) is 3.30. The minimum Gasteiger partial charge on any atom is -0.492 e. The fraction of sp³-hybridized carbons (Fsp3) is 0.611. The predicted molar refractivity (Wildman–Crippen MR) is 88.5 cm³/mol. The topological polar surface area (TPSA) is 42.0 Å². The maximum atomic E-state index is 12.3. The van der Waals surface area contributed by atoms with Crippen LogP contribution in [0.2, 0.25) is 0 Å². The van der Waals surface area contributed by atoms with Gasteiger partial charge in [0.05, 0.1) is 13.2 Å². The van der Waals surface area contributed by atoms with Gasteiger partial charge in [-0.05, 0) is 31.5 Å². The number of ether oxygens (including phenoxy) is 2. The second kappa shape index (κ2) is 8.31. The molecule has 0 spiro atoms. The predicted octanol–water partition coefficient (Wildman–Crippen LogP) is 1.78. The highest BCUT2D eigenvalue weighted by molar-refractivity contribution is 5.76. The van der Waals surface area contributed by atoms with E-state index in [9.17, 15) is 4.79 Å². The molecule has 1 unspecified atom stereocenters. The number of hydrogen-bond donors (Lipinski definition) is 0. The van der Waals surface area contributed by atoms with Gasteiger partial charge in [0.2, 0.25) is 5.91 Å². The molecule has 0 aliphatic carbocycles. The summed E-state index contributed by atoms with van der Waals surface area (Å²) in [6, 6.07) is 10.4. The standard InChI is InChI=1S/C18H26N2O3/c21-18(20-11-13-22-14-12-20)8-10-19-9-4-5-16(19)15-23-17-6-2-1-3-7-17/h1-3,6-7,16H,4-5,8-15H2. The molecular formula is C18H26N2O3. The molecule has 1 atom stereocenters. The Morgan fingerprint density at radius 1 is 1.17 bits per heavy atom. The van der Waals surface area contributed by atoms with Crippen LogP contribution in [0.1, 0.15) is 19.3 Å². The molecule has 1 aromatic carbocycles. The molecule has 3 rings (SSSR count). The molecule has 2 heterocycles. The minimum atomic E-state index is 0.253. The van der Waals surface area contributed by atoms with Crippen molar-refractivity contribution >= 4 is 5.91 Å². The molecule has 5 heteroatoms. The Kier molecular flexibility index (Phi) is 5.88. The molecular weight excluding hydrogens is 292 g/mol. The zero-order chi connectivity index (χ0) is 15.9. The molecule has 2 aliphatic heterocycles. The Morgan fingerprint density at radius 3 is 2.74 bits per heavy atom. The van der Waals surface area contributed by atoms with E-state index >= 15 is 0 Å². The van der Waals surface area contributed by atoms with Gasteiger partial charge in [-0.1, -0.05) is 18.2 Å². The lowest BCUT2D eigenvalue weighted by Gasteiger charge is -2.29. The molecule has 23 heavy (non-hydrogen) atoms. The van der Waals surface area contributed by atoms with Crippen LogP contribution in [-0.4, -0.2) is 67.7 Å². The van der Waals surface area contributed by atoms with Crippen LogP contribution in [0.5, 0.6) is 5.75 Å². The van der Waals surface area contributed by atoms with E-state index < -0.39 is 0 Å². The van der Waals surface area contributed by atoms with Gasteiger partial charge < -0.3 is 14.4 Å². The Hall–Kier alpha value is -1.59. The van der Waals surface area contributed by atoms with Gasteiger partial charge in [0.15, 0.2) is 0 Å². The number of morpholine rings is 1. The molecule has 2 aliphatic rings.